The van der Waals surface area contributed by atoms with Gasteiger partial charge in [-0.1, -0.05) is 0 Å². The summed E-state index contributed by atoms with van der Waals surface area (Å²) in [6, 6.07) is 3.40. The molecular formula is C13H20N4O3S. The standard InChI is InChI=1S/C13H20N4O3S/c1-10(2)17-9-11(7-15-17)14-8-12-5-6-13(20-12)21(18,19)16(3)4/h5-7,9-10,14H,8H2,1-4H3. The zero-order chi connectivity index (χ0) is 15.6. The van der Waals surface area contributed by atoms with Gasteiger partial charge in [-0.25, -0.2) is 12.7 Å². The van der Waals surface area contributed by atoms with Gasteiger partial charge >= 0.3 is 0 Å². The fourth-order valence-electron chi connectivity index (χ4n) is 1.67. The molecular weight excluding hydrogens is 292 g/mol. The second-order valence-corrected chi connectivity index (χ2v) is 7.25. The summed E-state index contributed by atoms with van der Waals surface area (Å²) in [5.74, 6) is 0.549. The first-order valence-electron chi connectivity index (χ1n) is 6.60. The van der Waals surface area contributed by atoms with E-state index in [1.807, 2.05) is 24.7 Å². The molecule has 0 bridgehead atoms. The minimum Gasteiger partial charge on any atom is -0.446 e. The molecule has 0 radical (unpaired) electrons. The first-order chi connectivity index (χ1) is 9.80. The summed E-state index contributed by atoms with van der Waals surface area (Å²) in [5, 5.41) is 7.31. The Morgan fingerprint density at radius 1 is 1.38 bits per heavy atom. The van der Waals surface area contributed by atoms with Gasteiger partial charge in [-0.15, -0.1) is 0 Å². The third-order valence-electron chi connectivity index (χ3n) is 2.97. The third kappa shape index (κ3) is 3.45. The van der Waals surface area contributed by atoms with Gasteiger partial charge < -0.3 is 9.73 Å². The largest absolute Gasteiger partial charge is 0.446 e. The molecule has 0 unspecified atom stereocenters. The maximum atomic E-state index is 11.9. The lowest BCUT2D eigenvalue weighted by molar-refractivity contribution is 0.402. The van der Waals surface area contributed by atoms with Gasteiger partial charge in [0, 0.05) is 26.3 Å². The zero-order valence-electron chi connectivity index (χ0n) is 12.6. The molecule has 0 spiro atoms. The van der Waals surface area contributed by atoms with E-state index in [2.05, 4.69) is 10.4 Å². The molecule has 116 valence electrons. The Morgan fingerprint density at radius 3 is 2.67 bits per heavy atom. The number of hydrogen-bond acceptors (Lipinski definition) is 5. The maximum Gasteiger partial charge on any atom is 0.275 e. The molecule has 0 aliphatic heterocycles. The van der Waals surface area contributed by atoms with Crippen molar-refractivity contribution >= 4 is 15.7 Å². The summed E-state index contributed by atoms with van der Waals surface area (Å²) in [7, 11) is -0.587. The fourth-order valence-corrected chi connectivity index (χ4v) is 2.48. The summed E-state index contributed by atoms with van der Waals surface area (Å²) < 4.78 is 32.1. The van der Waals surface area contributed by atoms with Crippen LogP contribution in [0.3, 0.4) is 0 Å². The van der Waals surface area contributed by atoms with Gasteiger partial charge in [-0.3, -0.25) is 4.68 Å². The van der Waals surface area contributed by atoms with Crippen molar-refractivity contribution in [3.8, 4) is 0 Å². The van der Waals surface area contributed by atoms with Gasteiger partial charge in [0.05, 0.1) is 18.4 Å². The number of aromatic nitrogens is 2. The molecule has 21 heavy (non-hydrogen) atoms. The summed E-state index contributed by atoms with van der Waals surface area (Å²) in [4.78, 5) is 0. The Morgan fingerprint density at radius 2 is 2.10 bits per heavy atom. The molecule has 0 aliphatic rings. The van der Waals surface area contributed by atoms with E-state index in [9.17, 15) is 8.42 Å². The van der Waals surface area contributed by atoms with Crippen LogP contribution in [0.5, 0.6) is 0 Å². The van der Waals surface area contributed by atoms with E-state index in [0.717, 1.165) is 9.99 Å². The molecule has 0 saturated carbocycles. The predicted octanol–water partition coefficient (Wildman–Crippen LogP) is 1.92. The molecule has 7 nitrogen and oxygen atoms in total. The Labute approximate surface area is 124 Å². The lowest BCUT2D eigenvalue weighted by Gasteiger charge is -2.07. The van der Waals surface area contributed by atoms with Crippen molar-refractivity contribution in [2.75, 3.05) is 19.4 Å². The lowest BCUT2D eigenvalue weighted by atomic mass is 10.4. The molecule has 0 saturated heterocycles. The van der Waals surface area contributed by atoms with Crippen molar-refractivity contribution in [1.82, 2.24) is 14.1 Å². The molecule has 2 heterocycles. The number of nitrogens with one attached hydrogen (secondary N) is 1. The van der Waals surface area contributed by atoms with E-state index >= 15 is 0 Å². The second-order valence-electron chi connectivity index (χ2n) is 5.16. The predicted molar refractivity (Wildman–Crippen MR) is 79.5 cm³/mol. The molecule has 0 aliphatic carbocycles. The topological polar surface area (TPSA) is 80.4 Å². The van der Waals surface area contributed by atoms with Gasteiger partial charge in [-0.05, 0) is 26.0 Å². The minimum absolute atomic E-state index is 0.0535. The van der Waals surface area contributed by atoms with Crippen molar-refractivity contribution in [3.63, 3.8) is 0 Å². The molecule has 0 atom stereocenters. The van der Waals surface area contributed by atoms with Crippen LogP contribution in [0.2, 0.25) is 0 Å². The zero-order valence-corrected chi connectivity index (χ0v) is 13.4. The number of sulfonamides is 1. The van der Waals surface area contributed by atoms with Crippen molar-refractivity contribution in [3.05, 3.63) is 30.3 Å². The summed E-state index contributed by atoms with van der Waals surface area (Å²) >= 11 is 0. The van der Waals surface area contributed by atoms with Crippen molar-refractivity contribution in [1.29, 1.82) is 0 Å². The van der Waals surface area contributed by atoms with Gasteiger partial charge in [0.25, 0.3) is 10.0 Å². The summed E-state index contributed by atoms with van der Waals surface area (Å²) in [6.45, 7) is 4.48. The van der Waals surface area contributed by atoms with E-state index in [1.165, 1.54) is 20.2 Å². The van der Waals surface area contributed by atoms with Gasteiger partial charge in [0.2, 0.25) is 5.09 Å². The van der Waals surface area contributed by atoms with Crippen LogP contribution in [-0.2, 0) is 16.6 Å². The second kappa shape index (κ2) is 5.90. The molecule has 8 heteroatoms. The minimum atomic E-state index is -3.52. The van der Waals surface area contributed by atoms with Crippen LogP contribution in [-0.4, -0.2) is 36.6 Å². The fraction of sp³-hybridized carbons (Fsp3) is 0.462. The molecule has 0 fully saturated rings. The van der Waals surface area contributed by atoms with E-state index in [4.69, 9.17) is 4.42 Å². The molecule has 2 aromatic heterocycles. The lowest BCUT2D eigenvalue weighted by Crippen LogP contribution is -2.21. The first-order valence-corrected chi connectivity index (χ1v) is 8.04. The highest BCUT2D eigenvalue weighted by atomic mass is 32.2. The monoisotopic (exact) mass is 312 g/mol. The number of nitrogens with zero attached hydrogens (tertiary/aromatic N) is 3. The van der Waals surface area contributed by atoms with Gasteiger partial charge in [-0.2, -0.15) is 5.10 Å². The SMILES string of the molecule is CC(C)n1cc(NCc2ccc(S(=O)(=O)N(C)C)o2)cn1. The van der Waals surface area contributed by atoms with E-state index in [1.54, 1.807) is 12.3 Å². The summed E-state index contributed by atoms with van der Waals surface area (Å²) in [5.41, 5.74) is 0.858. The highest BCUT2D eigenvalue weighted by Crippen LogP contribution is 2.18. The van der Waals surface area contributed by atoms with Crippen LogP contribution in [0.1, 0.15) is 25.6 Å². The van der Waals surface area contributed by atoms with Crippen molar-refractivity contribution in [2.24, 2.45) is 0 Å². The van der Waals surface area contributed by atoms with Crippen LogP contribution in [0.4, 0.5) is 5.69 Å². The smallest absolute Gasteiger partial charge is 0.275 e. The quantitative estimate of drug-likeness (QED) is 0.881. The molecule has 0 aromatic carbocycles. The first kappa shape index (κ1) is 15.6. The molecule has 0 amide bonds. The Balaban J connectivity index is 2.03. The average molecular weight is 312 g/mol. The number of furan rings is 1. The molecule has 2 aromatic rings. The van der Waals surface area contributed by atoms with Crippen LogP contribution < -0.4 is 5.32 Å². The number of anilines is 1. The van der Waals surface area contributed by atoms with Crippen LogP contribution in [0.15, 0.2) is 34.0 Å². The normalized spacial score (nSPS) is 12.3. The van der Waals surface area contributed by atoms with Crippen molar-refractivity contribution in [2.45, 2.75) is 31.5 Å². The van der Waals surface area contributed by atoms with Gasteiger partial charge in [0.1, 0.15) is 5.76 Å². The average Bonchev–Trinajstić information content (AvgIpc) is 3.05. The Bertz CT molecular complexity index is 701. The Kier molecular flexibility index (Phi) is 4.38. The molecule has 2 rings (SSSR count). The highest BCUT2D eigenvalue weighted by Gasteiger charge is 2.21. The van der Waals surface area contributed by atoms with Gasteiger partial charge in [0.15, 0.2) is 0 Å². The van der Waals surface area contributed by atoms with E-state index < -0.39 is 10.0 Å². The third-order valence-corrected chi connectivity index (χ3v) is 4.66. The number of hydrogen-bond donors (Lipinski definition) is 1. The number of rotatable bonds is 6. The van der Waals surface area contributed by atoms with Crippen molar-refractivity contribution < 1.29 is 12.8 Å². The maximum absolute atomic E-state index is 11.9. The van der Waals surface area contributed by atoms with Crippen LogP contribution in [0, 0.1) is 0 Å². The van der Waals surface area contributed by atoms with Crippen LogP contribution >= 0.6 is 0 Å². The van der Waals surface area contributed by atoms with E-state index in [-0.39, 0.29) is 5.09 Å². The Hall–Kier alpha value is -1.80. The highest BCUT2D eigenvalue weighted by molar-refractivity contribution is 7.88. The summed E-state index contributed by atoms with van der Waals surface area (Å²) in [6.07, 6.45) is 3.62. The van der Waals surface area contributed by atoms with Crippen LogP contribution in [0.25, 0.3) is 0 Å². The van der Waals surface area contributed by atoms with E-state index in [0.29, 0.717) is 18.3 Å². The molecule has 1 N–H and O–H groups in total.